The van der Waals surface area contributed by atoms with Crippen LogP contribution < -0.4 is 5.32 Å². The molecule has 2 nitrogen and oxygen atoms in total. The van der Waals surface area contributed by atoms with E-state index in [1.54, 1.807) is 18.2 Å². The molecule has 1 amide bonds. The highest BCUT2D eigenvalue weighted by Gasteiger charge is 2.12. The second-order valence-electron chi connectivity index (χ2n) is 4.56. The van der Waals surface area contributed by atoms with Crippen molar-refractivity contribution in [2.24, 2.45) is 0 Å². The summed E-state index contributed by atoms with van der Waals surface area (Å²) in [6, 6.07) is 11.7. The molecular weight excluding hydrogens is 312 g/mol. The van der Waals surface area contributed by atoms with Crippen molar-refractivity contribution in [2.75, 3.05) is 11.2 Å². The quantitative estimate of drug-likeness (QED) is 0.809. The van der Waals surface area contributed by atoms with E-state index < -0.39 is 5.82 Å². The Morgan fingerprint density at radius 1 is 1.14 bits per heavy atom. The van der Waals surface area contributed by atoms with E-state index in [1.807, 2.05) is 12.1 Å². The number of aryl methyl sites for hydroxylation is 1. The smallest absolute Gasteiger partial charge is 0.228 e. The Morgan fingerprint density at radius 3 is 2.48 bits per heavy atom. The van der Waals surface area contributed by atoms with Gasteiger partial charge in [-0.1, -0.05) is 29.8 Å². The fourth-order valence-corrected chi connectivity index (χ4v) is 2.38. The molecule has 0 saturated heterocycles. The average Bonchev–Trinajstić information content (AvgIpc) is 2.45. The molecule has 21 heavy (non-hydrogen) atoms. The number of rotatable bonds is 5. The summed E-state index contributed by atoms with van der Waals surface area (Å²) in [5.74, 6) is -0.237. The fraction of sp³-hybridized carbons (Fsp3) is 0.188. The Morgan fingerprint density at radius 2 is 1.86 bits per heavy atom. The van der Waals surface area contributed by atoms with Crippen molar-refractivity contribution in [1.82, 2.24) is 0 Å². The normalized spacial score (nSPS) is 10.4. The lowest BCUT2D eigenvalue weighted by Gasteiger charge is -2.08. The molecule has 110 valence electrons. The van der Waals surface area contributed by atoms with Crippen LogP contribution in [0.5, 0.6) is 0 Å². The lowest BCUT2D eigenvalue weighted by Crippen LogP contribution is -2.15. The van der Waals surface area contributed by atoms with E-state index in [2.05, 4.69) is 5.32 Å². The highest BCUT2D eigenvalue weighted by atomic mass is 35.5. The van der Waals surface area contributed by atoms with Gasteiger partial charge < -0.3 is 5.32 Å². The molecule has 0 saturated carbocycles. The molecule has 1 N–H and O–H groups in total. The Kier molecular flexibility index (Phi) is 5.59. The molecule has 0 aliphatic heterocycles. The SMILES string of the molecule is O=C(Cc1c(F)cccc1Cl)Nc1ccc(CCCl)cc1. The standard InChI is InChI=1S/C16H14Cl2FNO/c17-9-8-11-4-6-12(7-5-11)20-16(21)10-13-14(18)2-1-3-15(13)19/h1-7H,8-10H2,(H,20,21). The topological polar surface area (TPSA) is 29.1 Å². The summed E-state index contributed by atoms with van der Waals surface area (Å²) in [6.45, 7) is 0. The summed E-state index contributed by atoms with van der Waals surface area (Å²) in [7, 11) is 0. The minimum Gasteiger partial charge on any atom is -0.326 e. The van der Waals surface area contributed by atoms with Crippen LogP contribution in [0.1, 0.15) is 11.1 Å². The second kappa shape index (κ2) is 7.43. The van der Waals surface area contributed by atoms with Gasteiger partial charge in [-0.2, -0.15) is 0 Å². The van der Waals surface area contributed by atoms with Crippen molar-refractivity contribution >= 4 is 34.8 Å². The summed E-state index contributed by atoms with van der Waals surface area (Å²) < 4.78 is 13.6. The number of carbonyl (C=O) groups is 1. The number of hydrogen-bond donors (Lipinski definition) is 1. The van der Waals surface area contributed by atoms with E-state index in [9.17, 15) is 9.18 Å². The van der Waals surface area contributed by atoms with Gasteiger partial charge in [-0.15, -0.1) is 11.6 Å². The number of benzene rings is 2. The summed E-state index contributed by atoms with van der Waals surface area (Å²) in [4.78, 5) is 11.9. The maximum atomic E-state index is 13.6. The number of alkyl halides is 1. The molecule has 0 aliphatic carbocycles. The fourth-order valence-electron chi connectivity index (χ4n) is 1.93. The number of anilines is 1. The Hall–Kier alpha value is -1.58. The van der Waals surface area contributed by atoms with Crippen LogP contribution in [0.4, 0.5) is 10.1 Å². The van der Waals surface area contributed by atoms with Gasteiger partial charge in [0.2, 0.25) is 5.91 Å². The summed E-state index contributed by atoms with van der Waals surface area (Å²) in [6.07, 6.45) is 0.676. The molecule has 2 aromatic carbocycles. The van der Waals surface area contributed by atoms with Crippen molar-refractivity contribution in [1.29, 1.82) is 0 Å². The third-order valence-corrected chi connectivity index (χ3v) is 3.56. The zero-order valence-electron chi connectivity index (χ0n) is 11.2. The molecule has 0 aromatic heterocycles. The third-order valence-electron chi connectivity index (χ3n) is 3.02. The van der Waals surface area contributed by atoms with Crippen molar-refractivity contribution in [3.8, 4) is 0 Å². The van der Waals surface area contributed by atoms with Crippen LogP contribution in [-0.4, -0.2) is 11.8 Å². The molecule has 0 spiro atoms. The molecule has 5 heteroatoms. The van der Waals surface area contributed by atoms with Crippen LogP contribution in [0.15, 0.2) is 42.5 Å². The van der Waals surface area contributed by atoms with Gasteiger partial charge in [0.15, 0.2) is 0 Å². The lowest BCUT2D eigenvalue weighted by atomic mass is 10.1. The van der Waals surface area contributed by atoms with Gasteiger partial charge >= 0.3 is 0 Å². The number of hydrogen-bond acceptors (Lipinski definition) is 1. The van der Waals surface area contributed by atoms with Crippen LogP contribution in [0.25, 0.3) is 0 Å². The molecule has 0 atom stereocenters. The van der Waals surface area contributed by atoms with Crippen LogP contribution in [0, 0.1) is 5.82 Å². The molecule has 0 radical (unpaired) electrons. The van der Waals surface area contributed by atoms with Crippen LogP contribution in [0.2, 0.25) is 5.02 Å². The van der Waals surface area contributed by atoms with Gasteiger partial charge in [0.25, 0.3) is 0 Å². The number of carbonyl (C=O) groups excluding carboxylic acids is 1. The number of nitrogens with one attached hydrogen (secondary N) is 1. The van der Waals surface area contributed by atoms with Crippen molar-refractivity contribution < 1.29 is 9.18 Å². The predicted octanol–water partition coefficient (Wildman–Crippen LogP) is 4.44. The zero-order valence-corrected chi connectivity index (χ0v) is 12.7. The Labute approximate surface area is 132 Å². The minimum absolute atomic E-state index is 0.102. The van der Waals surface area contributed by atoms with Crippen LogP contribution in [0.3, 0.4) is 0 Å². The van der Waals surface area contributed by atoms with Crippen molar-refractivity contribution in [2.45, 2.75) is 12.8 Å². The highest BCUT2D eigenvalue weighted by molar-refractivity contribution is 6.31. The maximum Gasteiger partial charge on any atom is 0.228 e. The van der Waals surface area contributed by atoms with Gasteiger partial charge in [0.05, 0.1) is 6.42 Å². The van der Waals surface area contributed by atoms with Crippen LogP contribution >= 0.6 is 23.2 Å². The summed E-state index contributed by atoms with van der Waals surface area (Å²) in [5.41, 5.74) is 1.96. The van der Waals surface area contributed by atoms with E-state index >= 15 is 0 Å². The first-order chi connectivity index (χ1) is 10.1. The zero-order chi connectivity index (χ0) is 15.2. The monoisotopic (exact) mass is 325 g/mol. The van der Waals surface area contributed by atoms with Gasteiger partial charge in [-0.25, -0.2) is 4.39 Å². The summed E-state index contributed by atoms with van der Waals surface area (Å²) in [5, 5.41) is 2.97. The molecule has 0 unspecified atom stereocenters. The van der Waals surface area contributed by atoms with Gasteiger partial charge in [-0.05, 0) is 36.2 Å². The van der Waals surface area contributed by atoms with Gasteiger partial charge in [-0.3, -0.25) is 4.79 Å². The first kappa shape index (κ1) is 15.8. The molecular formula is C16H14Cl2FNO. The van der Waals surface area contributed by atoms with Crippen molar-refractivity contribution in [3.63, 3.8) is 0 Å². The third kappa shape index (κ3) is 4.45. The summed E-state index contributed by atoms with van der Waals surface area (Å²) >= 11 is 11.6. The van der Waals surface area contributed by atoms with E-state index in [4.69, 9.17) is 23.2 Å². The first-order valence-corrected chi connectivity index (χ1v) is 7.39. The Bertz CT molecular complexity index is 608. The largest absolute Gasteiger partial charge is 0.326 e. The lowest BCUT2D eigenvalue weighted by molar-refractivity contribution is -0.115. The van der Waals surface area contributed by atoms with Gasteiger partial charge in [0, 0.05) is 22.2 Å². The molecule has 0 heterocycles. The Balaban J connectivity index is 2.01. The van der Waals surface area contributed by atoms with E-state index in [0.717, 1.165) is 12.0 Å². The average molecular weight is 326 g/mol. The minimum atomic E-state index is -0.477. The van der Waals surface area contributed by atoms with Crippen LogP contribution in [-0.2, 0) is 17.6 Å². The van der Waals surface area contributed by atoms with E-state index in [1.165, 1.54) is 12.1 Å². The molecule has 0 bridgehead atoms. The number of amides is 1. The highest BCUT2D eigenvalue weighted by Crippen LogP contribution is 2.20. The molecule has 2 aromatic rings. The predicted molar refractivity (Wildman–Crippen MR) is 84.6 cm³/mol. The van der Waals surface area contributed by atoms with E-state index in [0.29, 0.717) is 11.6 Å². The molecule has 2 rings (SSSR count). The second-order valence-corrected chi connectivity index (χ2v) is 5.35. The first-order valence-electron chi connectivity index (χ1n) is 6.48. The van der Waals surface area contributed by atoms with E-state index in [-0.39, 0.29) is 22.9 Å². The van der Waals surface area contributed by atoms with Gasteiger partial charge in [0.1, 0.15) is 5.82 Å². The number of halogens is 3. The molecule has 0 aliphatic rings. The molecule has 0 fully saturated rings. The maximum absolute atomic E-state index is 13.6. The van der Waals surface area contributed by atoms with Crippen molar-refractivity contribution in [3.05, 3.63) is 64.4 Å².